The van der Waals surface area contributed by atoms with Gasteiger partial charge in [-0.15, -0.1) is 0 Å². The summed E-state index contributed by atoms with van der Waals surface area (Å²) in [6, 6.07) is 3.87. The lowest BCUT2D eigenvalue weighted by Crippen LogP contribution is -2.34. The van der Waals surface area contributed by atoms with Crippen LogP contribution in [0.15, 0.2) is 22.8 Å². The highest BCUT2D eigenvalue weighted by Crippen LogP contribution is 2.18. The maximum atomic E-state index is 12.0. The van der Waals surface area contributed by atoms with Crippen molar-refractivity contribution < 1.29 is 9.21 Å². The van der Waals surface area contributed by atoms with Gasteiger partial charge < -0.3 is 15.5 Å². The Morgan fingerprint density at radius 1 is 1.43 bits per heavy atom. The zero-order valence-electron chi connectivity index (χ0n) is 13.5. The second-order valence-corrected chi connectivity index (χ2v) is 5.69. The van der Waals surface area contributed by atoms with Gasteiger partial charge in [-0.3, -0.25) is 9.69 Å². The van der Waals surface area contributed by atoms with E-state index < -0.39 is 0 Å². The van der Waals surface area contributed by atoms with E-state index in [1.54, 1.807) is 6.26 Å². The van der Waals surface area contributed by atoms with E-state index in [2.05, 4.69) is 12.2 Å². The summed E-state index contributed by atoms with van der Waals surface area (Å²) in [5.41, 5.74) is 5.58. The first-order valence-corrected chi connectivity index (χ1v) is 7.75. The summed E-state index contributed by atoms with van der Waals surface area (Å²) in [6.45, 7) is 3.41. The van der Waals surface area contributed by atoms with Crippen molar-refractivity contribution in [3.05, 3.63) is 24.2 Å². The van der Waals surface area contributed by atoms with Gasteiger partial charge in [0.25, 0.3) is 0 Å². The van der Waals surface area contributed by atoms with E-state index in [0.29, 0.717) is 25.4 Å². The molecule has 0 spiro atoms. The predicted molar refractivity (Wildman–Crippen MR) is 84.8 cm³/mol. The number of nitrogens with one attached hydrogen (secondary N) is 1. The maximum Gasteiger partial charge on any atom is 0.220 e. The number of carbonyl (C=O) groups is 1. The Hall–Kier alpha value is -1.33. The summed E-state index contributed by atoms with van der Waals surface area (Å²) in [7, 11) is 3.96. The Morgan fingerprint density at radius 2 is 2.19 bits per heavy atom. The van der Waals surface area contributed by atoms with Gasteiger partial charge in [0, 0.05) is 13.0 Å². The average Bonchev–Trinajstić information content (AvgIpc) is 2.97. The van der Waals surface area contributed by atoms with Gasteiger partial charge in [-0.1, -0.05) is 13.3 Å². The summed E-state index contributed by atoms with van der Waals surface area (Å²) in [5, 5.41) is 3.00. The Bertz CT molecular complexity index is 390. The molecule has 21 heavy (non-hydrogen) atoms. The SMILES string of the molecule is CCC(CCN)CCC(=O)NCC(c1ccco1)N(C)C. The third kappa shape index (κ3) is 6.31. The molecule has 1 aromatic heterocycles. The lowest BCUT2D eigenvalue weighted by Gasteiger charge is -2.22. The number of carbonyl (C=O) groups excluding carboxylic acids is 1. The van der Waals surface area contributed by atoms with Crippen molar-refractivity contribution in [3.8, 4) is 0 Å². The number of rotatable bonds is 10. The van der Waals surface area contributed by atoms with Crippen LogP contribution in [-0.2, 0) is 4.79 Å². The van der Waals surface area contributed by atoms with Crippen LogP contribution in [0, 0.1) is 5.92 Å². The molecule has 2 unspecified atom stereocenters. The number of furan rings is 1. The Morgan fingerprint density at radius 3 is 2.71 bits per heavy atom. The first-order valence-electron chi connectivity index (χ1n) is 7.75. The normalized spacial score (nSPS) is 14.1. The molecular weight excluding hydrogens is 266 g/mol. The molecule has 0 saturated carbocycles. The molecule has 1 rings (SSSR count). The summed E-state index contributed by atoms with van der Waals surface area (Å²) in [4.78, 5) is 14.0. The molecular formula is C16H29N3O2. The quantitative estimate of drug-likeness (QED) is 0.694. The van der Waals surface area contributed by atoms with Crippen molar-refractivity contribution >= 4 is 5.91 Å². The number of amides is 1. The lowest BCUT2D eigenvalue weighted by molar-refractivity contribution is -0.121. The van der Waals surface area contributed by atoms with Gasteiger partial charge in [0.05, 0.1) is 12.3 Å². The number of hydrogen-bond donors (Lipinski definition) is 2. The smallest absolute Gasteiger partial charge is 0.220 e. The largest absolute Gasteiger partial charge is 0.468 e. The van der Waals surface area contributed by atoms with Crippen LogP contribution in [0.4, 0.5) is 0 Å². The van der Waals surface area contributed by atoms with Gasteiger partial charge in [0.1, 0.15) is 5.76 Å². The molecule has 0 fully saturated rings. The molecule has 0 aliphatic heterocycles. The highest BCUT2D eigenvalue weighted by atomic mass is 16.3. The monoisotopic (exact) mass is 295 g/mol. The topological polar surface area (TPSA) is 71.5 Å². The second-order valence-electron chi connectivity index (χ2n) is 5.69. The molecule has 0 aliphatic rings. The van der Waals surface area contributed by atoms with Gasteiger partial charge in [-0.2, -0.15) is 0 Å². The van der Waals surface area contributed by atoms with Crippen LogP contribution < -0.4 is 11.1 Å². The zero-order chi connectivity index (χ0) is 15.7. The maximum absolute atomic E-state index is 12.0. The highest BCUT2D eigenvalue weighted by Gasteiger charge is 2.18. The zero-order valence-corrected chi connectivity index (χ0v) is 13.5. The van der Waals surface area contributed by atoms with E-state index in [1.807, 2.05) is 31.1 Å². The Kier molecular flexibility index (Phi) is 8.08. The molecule has 5 heteroatoms. The lowest BCUT2D eigenvalue weighted by atomic mass is 9.96. The standard InChI is InChI=1S/C16H29N3O2/c1-4-13(9-10-17)7-8-16(20)18-12-14(19(2)3)15-6-5-11-21-15/h5-6,11,13-14H,4,7-10,12,17H2,1-3H3,(H,18,20). The second kappa shape index (κ2) is 9.58. The van der Waals surface area contributed by atoms with Crippen LogP contribution in [0.2, 0.25) is 0 Å². The van der Waals surface area contributed by atoms with Crippen LogP contribution in [0.25, 0.3) is 0 Å². The molecule has 5 nitrogen and oxygen atoms in total. The van der Waals surface area contributed by atoms with E-state index in [-0.39, 0.29) is 11.9 Å². The molecule has 0 radical (unpaired) electrons. The number of hydrogen-bond acceptors (Lipinski definition) is 4. The Labute approximate surface area is 127 Å². The van der Waals surface area contributed by atoms with E-state index in [0.717, 1.165) is 25.0 Å². The molecule has 0 saturated heterocycles. The molecule has 2 atom stereocenters. The van der Waals surface area contributed by atoms with Gasteiger partial charge in [0.15, 0.2) is 0 Å². The van der Waals surface area contributed by atoms with Crippen molar-refractivity contribution in [2.75, 3.05) is 27.2 Å². The fourth-order valence-corrected chi connectivity index (χ4v) is 2.44. The third-order valence-corrected chi connectivity index (χ3v) is 3.92. The molecule has 1 aromatic rings. The molecule has 3 N–H and O–H groups in total. The van der Waals surface area contributed by atoms with E-state index in [4.69, 9.17) is 10.2 Å². The molecule has 1 heterocycles. The van der Waals surface area contributed by atoms with E-state index in [9.17, 15) is 4.79 Å². The van der Waals surface area contributed by atoms with Gasteiger partial charge in [-0.05, 0) is 51.5 Å². The first kappa shape index (κ1) is 17.7. The van der Waals surface area contributed by atoms with Gasteiger partial charge >= 0.3 is 0 Å². The van der Waals surface area contributed by atoms with Crippen LogP contribution in [0.3, 0.4) is 0 Å². The summed E-state index contributed by atoms with van der Waals surface area (Å²) in [6.07, 6.45) is 5.21. The minimum absolute atomic E-state index is 0.0648. The average molecular weight is 295 g/mol. The van der Waals surface area contributed by atoms with E-state index in [1.165, 1.54) is 0 Å². The number of nitrogens with two attached hydrogens (primary N) is 1. The summed E-state index contributed by atoms with van der Waals surface area (Å²) in [5.74, 6) is 1.52. The van der Waals surface area contributed by atoms with Crippen LogP contribution in [0.1, 0.15) is 44.4 Å². The van der Waals surface area contributed by atoms with Gasteiger partial charge in [-0.25, -0.2) is 0 Å². The van der Waals surface area contributed by atoms with Crippen molar-refractivity contribution in [1.29, 1.82) is 0 Å². The third-order valence-electron chi connectivity index (χ3n) is 3.92. The predicted octanol–water partition coefficient (Wildman–Crippen LogP) is 2.15. The van der Waals surface area contributed by atoms with Gasteiger partial charge in [0.2, 0.25) is 5.91 Å². The fourth-order valence-electron chi connectivity index (χ4n) is 2.44. The van der Waals surface area contributed by atoms with E-state index >= 15 is 0 Å². The molecule has 1 amide bonds. The van der Waals surface area contributed by atoms with Crippen LogP contribution >= 0.6 is 0 Å². The number of likely N-dealkylation sites (N-methyl/N-ethyl adjacent to an activating group) is 1. The molecule has 0 aliphatic carbocycles. The Balaban J connectivity index is 2.37. The number of nitrogens with zero attached hydrogens (tertiary/aromatic N) is 1. The first-order chi connectivity index (χ1) is 10.1. The minimum Gasteiger partial charge on any atom is -0.468 e. The summed E-state index contributed by atoms with van der Waals surface area (Å²) < 4.78 is 5.43. The summed E-state index contributed by atoms with van der Waals surface area (Å²) >= 11 is 0. The fraction of sp³-hybridized carbons (Fsp3) is 0.688. The molecule has 120 valence electrons. The minimum atomic E-state index is 0.0648. The molecule has 0 bridgehead atoms. The van der Waals surface area contributed by atoms with Crippen LogP contribution in [0.5, 0.6) is 0 Å². The van der Waals surface area contributed by atoms with Crippen molar-refractivity contribution in [2.24, 2.45) is 11.7 Å². The highest BCUT2D eigenvalue weighted by molar-refractivity contribution is 5.75. The van der Waals surface area contributed by atoms with Crippen molar-refractivity contribution in [2.45, 2.75) is 38.6 Å². The van der Waals surface area contributed by atoms with Crippen LogP contribution in [-0.4, -0.2) is 38.0 Å². The van der Waals surface area contributed by atoms with Crippen molar-refractivity contribution in [1.82, 2.24) is 10.2 Å². The van der Waals surface area contributed by atoms with Crippen molar-refractivity contribution in [3.63, 3.8) is 0 Å². The molecule has 0 aromatic carbocycles.